The predicted molar refractivity (Wildman–Crippen MR) is 80.3 cm³/mol. The van der Waals surface area contributed by atoms with Crippen molar-refractivity contribution in [1.82, 2.24) is 0 Å². The van der Waals surface area contributed by atoms with E-state index >= 15 is 0 Å². The molecule has 0 aliphatic heterocycles. The lowest BCUT2D eigenvalue weighted by molar-refractivity contribution is 0.101. The minimum atomic E-state index is -0.267. The Morgan fingerprint density at radius 3 is 2.33 bits per heavy atom. The lowest BCUT2D eigenvalue weighted by Gasteiger charge is -2.04. The second-order valence-corrected chi connectivity index (χ2v) is 4.79. The van der Waals surface area contributed by atoms with Crippen molar-refractivity contribution in [2.45, 2.75) is 6.92 Å². The van der Waals surface area contributed by atoms with Gasteiger partial charge in [0.1, 0.15) is 5.58 Å². The molecule has 2 N–H and O–H groups in total. The lowest BCUT2D eigenvalue weighted by atomic mass is 9.99. The third-order valence-corrected chi connectivity index (χ3v) is 3.41. The molecule has 21 heavy (non-hydrogen) atoms. The van der Waals surface area contributed by atoms with Crippen LogP contribution in [0.3, 0.4) is 0 Å². The molecule has 0 unspecified atom stereocenters. The number of carbonyl (C=O) groups excluding carboxylic acids is 1. The maximum absolute atomic E-state index is 11.3. The third kappa shape index (κ3) is 2.21. The van der Waals surface area contributed by atoms with Crippen LogP contribution in [0.25, 0.3) is 11.0 Å². The summed E-state index contributed by atoms with van der Waals surface area (Å²) in [4.78, 5) is 11.3. The zero-order chi connectivity index (χ0) is 15.0. The number of ketones is 1. The average Bonchev–Trinajstić information content (AvgIpc) is 2.82. The number of rotatable bonds is 3. The highest BCUT2D eigenvalue weighted by atomic mass is 16.5. The number of benzene rings is 2. The Labute approximate surface area is 121 Å². The Bertz CT molecular complexity index is 844. The van der Waals surface area contributed by atoms with Gasteiger partial charge in [-0.2, -0.15) is 0 Å². The third-order valence-electron chi connectivity index (χ3n) is 3.41. The van der Waals surface area contributed by atoms with E-state index in [0.29, 0.717) is 27.7 Å². The second kappa shape index (κ2) is 4.90. The van der Waals surface area contributed by atoms with Gasteiger partial charge in [-0.25, -0.2) is 0 Å². The molecule has 4 nitrogen and oxygen atoms in total. The van der Waals surface area contributed by atoms with E-state index in [0.717, 1.165) is 0 Å². The van der Waals surface area contributed by atoms with Gasteiger partial charge in [0.05, 0.1) is 11.3 Å². The monoisotopic (exact) mass is 279 g/mol. The van der Waals surface area contributed by atoms with Crippen LogP contribution in [-0.4, -0.2) is 16.6 Å². The van der Waals surface area contributed by atoms with Crippen molar-refractivity contribution in [3.05, 3.63) is 65.2 Å². The molecule has 0 amide bonds. The first kappa shape index (κ1) is 13.1. The highest BCUT2D eigenvalue weighted by Gasteiger charge is 2.18. The number of furan rings is 1. The van der Waals surface area contributed by atoms with E-state index in [-0.39, 0.29) is 17.4 Å². The van der Waals surface area contributed by atoms with Gasteiger partial charge < -0.3 is 9.52 Å². The van der Waals surface area contributed by atoms with Gasteiger partial charge in [-0.05, 0) is 13.0 Å². The van der Waals surface area contributed by atoms with Crippen molar-refractivity contribution in [1.29, 1.82) is 5.41 Å². The summed E-state index contributed by atoms with van der Waals surface area (Å²) < 4.78 is 5.26. The van der Waals surface area contributed by atoms with E-state index in [1.54, 1.807) is 42.5 Å². The number of hydrogen-bond acceptors (Lipinski definition) is 4. The smallest absolute Gasteiger partial charge is 0.292 e. The van der Waals surface area contributed by atoms with Crippen LogP contribution < -0.4 is 0 Å². The van der Waals surface area contributed by atoms with Gasteiger partial charge in [-0.1, -0.05) is 42.5 Å². The highest BCUT2D eigenvalue weighted by Crippen LogP contribution is 2.32. The van der Waals surface area contributed by atoms with Crippen LogP contribution >= 0.6 is 0 Å². The molecule has 2 aromatic carbocycles. The molecular weight excluding hydrogens is 266 g/mol. The average molecular weight is 279 g/mol. The fourth-order valence-corrected chi connectivity index (χ4v) is 2.29. The van der Waals surface area contributed by atoms with E-state index in [2.05, 4.69) is 0 Å². The van der Waals surface area contributed by atoms with E-state index < -0.39 is 0 Å². The Kier molecular flexibility index (Phi) is 3.06. The van der Waals surface area contributed by atoms with E-state index in [1.807, 2.05) is 6.07 Å². The van der Waals surface area contributed by atoms with Crippen molar-refractivity contribution in [3.63, 3.8) is 0 Å². The quantitative estimate of drug-likeness (QED) is 0.566. The van der Waals surface area contributed by atoms with Crippen LogP contribution in [0.4, 0.5) is 0 Å². The molecule has 0 aliphatic carbocycles. The summed E-state index contributed by atoms with van der Waals surface area (Å²) in [5.74, 6) is -0.290. The summed E-state index contributed by atoms with van der Waals surface area (Å²) in [6.45, 7) is 1.50. The molecule has 0 saturated carbocycles. The van der Waals surface area contributed by atoms with Gasteiger partial charge in [0.15, 0.2) is 5.78 Å². The number of aromatic hydroxyl groups is 1. The summed E-state index contributed by atoms with van der Waals surface area (Å²) >= 11 is 0. The van der Waals surface area contributed by atoms with Crippen molar-refractivity contribution in [3.8, 4) is 5.95 Å². The number of fused-ring (bicyclic) bond motifs is 1. The highest BCUT2D eigenvalue weighted by molar-refractivity contribution is 6.19. The summed E-state index contributed by atoms with van der Waals surface area (Å²) in [7, 11) is 0. The fraction of sp³-hybridized carbons (Fsp3) is 0.0588. The Hall–Kier alpha value is -2.88. The van der Waals surface area contributed by atoms with Crippen molar-refractivity contribution >= 4 is 22.5 Å². The molecule has 0 bridgehead atoms. The van der Waals surface area contributed by atoms with Crippen LogP contribution in [0.2, 0.25) is 0 Å². The summed E-state index contributed by atoms with van der Waals surface area (Å²) in [6.07, 6.45) is 0. The fourth-order valence-electron chi connectivity index (χ4n) is 2.29. The number of hydrogen-bond donors (Lipinski definition) is 2. The van der Waals surface area contributed by atoms with Crippen LogP contribution in [0, 0.1) is 5.41 Å². The van der Waals surface area contributed by atoms with Gasteiger partial charge in [-0.3, -0.25) is 10.2 Å². The molecule has 0 saturated heterocycles. The largest absolute Gasteiger partial charge is 0.480 e. The van der Waals surface area contributed by atoms with Crippen LogP contribution in [0.1, 0.15) is 28.4 Å². The SMILES string of the molecule is CC(=O)c1ccc(C(=N)c2c(O)oc3ccccc23)cc1. The molecule has 0 atom stereocenters. The molecule has 1 aromatic heterocycles. The number of para-hydroxylation sites is 1. The summed E-state index contributed by atoms with van der Waals surface area (Å²) in [5.41, 5.74) is 2.26. The Balaban J connectivity index is 2.08. The molecule has 1 heterocycles. The first-order valence-electron chi connectivity index (χ1n) is 6.48. The van der Waals surface area contributed by atoms with Crippen molar-refractivity contribution in [2.75, 3.05) is 0 Å². The van der Waals surface area contributed by atoms with Gasteiger partial charge in [0, 0.05) is 16.5 Å². The normalized spacial score (nSPS) is 10.7. The van der Waals surface area contributed by atoms with Crippen LogP contribution in [0.5, 0.6) is 5.95 Å². The first-order chi connectivity index (χ1) is 10.1. The maximum atomic E-state index is 11.3. The standard InChI is InChI=1S/C17H13NO3/c1-10(19)11-6-8-12(9-7-11)16(18)15-13-4-2-3-5-14(13)21-17(15)20/h2-9,18,20H,1H3. The van der Waals surface area contributed by atoms with E-state index in [1.165, 1.54) is 6.92 Å². The second-order valence-electron chi connectivity index (χ2n) is 4.79. The topological polar surface area (TPSA) is 74.3 Å². The first-order valence-corrected chi connectivity index (χ1v) is 6.48. The molecule has 4 heteroatoms. The number of nitrogens with one attached hydrogen (secondary N) is 1. The summed E-state index contributed by atoms with van der Waals surface area (Å²) in [5, 5.41) is 18.9. The van der Waals surface area contributed by atoms with Gasteiger partial charge >= 0.3 is 0 Å². The van der Waals surface area contributed by atoms with Crippen molar-refractivity contribution < 1.29 is 14.3 Å². The zero-order valence-corrected chi connectivity index (χ0v) is 11.4. The number of Topliss-reactive ketones (excluding diaryl/α,β-unsaturated/α-hetero) is 1. The van der Waals surface area contributed by atoms with Gasteiger partial charge in [0.2, 0.25) is 0 Å². The van der Waals surface area contributed by atoms with Gasteiger partial charge in [0.25, 0.3) is 5.95 Å². The molecule has 3 rings (SSSR count). The zero-order valence-electron chi connectivity index (χ0n) is 11.4. The molecule has 104 valence electrons. The van der Waals surface area contributed by atoms with Crippen LogP contribution in [0.15, 0.2) is 52.9 Å². The minimum absolute atomic E-state index is 0.0234. The van der Waals surface area contributed by atoms with Gasteiger partial charge in [-0.15, -0.1) is 0 Å². The minimum Gasteiger partial charge on any atom is -0.480 e. The van der Waals surface area contributed by atoms with E-state index in [9.17, 15) is 9.90 Å². The molecule has 3 aromatic rings. The Morgan fingerprint density at radius 1 is 1.05 bits per heavy atom. The molecule has 0 radical (unpaired) electrons. The van der Waals surface area contributed by atoms with Crippen LogP contribution in [-0.2, 0) is 0 Å². The Morgan fingerprint density at radius 2 is 1.67 bits per heavy atom. The maximum Gasteiger partial charge on any atom is 0.292 e. The molecule has 0 aliphatic rings. The molecule has 0 fully saturated rings. The predicted octanol–water partition coefficient (Wildman–Crippen LogP) is 3.76. The van der Waals surface area contributed by atoms with Crippen molar-refractivity contribution in [2.24, 2.45) is 0 Å². The summed E-state index contributed by atoms with van der Waals surface area (Å²) in [6, 6.07) is 13.9. The molecule has 0 spiro atoms. The lowest BCUT2D eigenvalue weighted by Crippen LogP contribution is -2.02. The number of carbonyl (C=O) groups is 1. The molecular formula is C17H13NO3. The van der Waals surface area contributed by atoms with E-state index in [4.69, 9.17) is 9.83 Å².